The highest BCUT2D eigenvalue weighted by atomic mass is 14.6. The molecule has 0 aromatic rings. The van der Waals surface area contributed by atoms with Crippen LogP contribution in [0, 0.1) is 0 Å². The second-order valence-electron chi connectivity index (χ2n) is 4.74. The van der Waals surface area contributed by atoms with Gasteiger partial charge in [-0.05, 0) is 25.7 Å². The maximum Gasteiger partial charge on any atom is 0.00387 e. The third kappa shape index (κ3) is 10.2. The lowest BCUT2D eigenvalue weighted by Crippen LogP contribution is -2.20. The first-order valence-electron chi connectivity index (χ1n) is 6.71. The Kier molecular flexibility index (Phi) is 10.4. The minimum Gasteiger partial charge on any atom is -0.328 e. The average Bonchev–Trinajstić information content (AvgIpc) is 2.18. The lowest BCUT2D eigenvalue weighted by atomic mass is 10.0. The summed E-state index contributed by atoms with van der Waals surface area (Å²) in [6.45, 7) is 4.40. The standard InChI is InChI=1S/C13H30N2/c1-3-8-12(14)10-6-5-7-11-13(15)9-4-2/h12-13H,3-11,14-15H2,1-2H3. The van der Waals surface area contributed by atoms with Crippen LogP contribution in [0.5, 0.6) is 0 Å². The fraction of sp³-hybridized carbons (Fsp3) is 1.00. The molecule has 0 amide bonds. The van der Waals surface area contributed by atoms with Gasteiger partial charge in [-0.2, -0.15) is 0 Å². The number of rotatable bonds is 10. The van der Waals surface area contributed by atoms with Gasteiger partial charge in [0.15, 0.2) is 0 Å². The van der Waals surface area contributed by atoms with Gasteiger partial charge in [0.2, 0.25) is 0 Å². The van der Waals surface area contributed by atoms with Gasteiger partial charge in [-0.25, -0.2) is 0 Å². The lowest BCUT2D eigenvalue weighted by Gasteiger charge is -2.11. The summed E-state index contributed by atoms with van der Waals surface area (Å²) in [6.07, 6.45) is 11.0. The molecule has 0 saturated heterocycles. The number of unbranched alkanes of at least 4 members (excludes halogenated alkanes) is 2. The minimum atomic E-state index is 0.430. The van der Waals surface area contributed by atoms with Crippen LogP contribution in [0.2, 0.25) is 0 Å². The molecule has 2 atom stereocenters. The van der Waals surface area contributed by atoms with Crippen molar-refractivity contribution < 1.29 is 0 Å². The molecule has 0 saturated carbocycles. The third-order valence-corrected chi connectivity index (χ3v) is 2.97. The van der Waals surface area contributed by atoms with Crippen LogP contribution >= 0.6 is 0 Å². The largest absolute Gasteiger partial charge is 0.328 e. The van der Waals surface area contributed by atoms with E-state index in [2.05, 4.69) is 13.8 Å². The molecule has 0 aromatic carbocycles. The van der Waals surface area contributed by atoms with Crippen LogP contribution < -0.4 is 11.5 Å². The Hall–Kier alpha value is -0.0800. The molecule has 0 radical (unpaired) electrons. The van der Waals surface area contributed by atoms with Gasteiger partial charge in [-0.1, -0.05) is 46.0 Å². The normalized spacial score (nSPS) is 15.2. The molecule has 2 nitrogen and oxygen atoms in total. The molecule has 0 bridgehead atoms. The van der Waals surface area contributed by atoms with Crippen molar-refractivity contribution in [3.8, 4) is 0 Å². The molecule has 0 heterocycles. The van der Waals surface area contributed by atoms with Crippen LogP contribution in [0.15, 0.2) is 0 Å². The number of nitrogens with two attached hydrogens (primary N) is 2. The topological polar surface area (TPSA) is 52.0 Å². The molecule has 0 rings (SSSR count). The van der Waals surface area contributed by atoms with Crippen LogP contribution in [-0.2, 0) is 0 Å². The van der Waals surface area contributed by atoms with Gasteiger partial charge in [-0.15, -0.1) is 0 Å². The van der Waals surface area contributed by atoms with E-state index in [0.717, 1.165) is 0 Å². The van der Waals surface area contributed by atoms with Crippen molar-refractivity contribution in [2.24, 2.45) is 11.5 Å². The van der Waals surface area contributed by atoms with Crippen molar-refractivity contribution >= 4 is 0 Å². The molecular weight excluding hydrogens is 184 g/mol. The Morgan fingerprint density at radius 2 is 1.07 bits per heavy atom. The summed E-state index contributed by atoms with van der Waals surface area (Å²) in [5.74, 6) is 0. The van der Waals surface area contributed by atoms with Crippen molar-refractivity contribution in [3.63, 3.8) is 0 Å². The van der Waals surface area contributed by atoms with Crippen molar-refractivity contribution in [1.82, 2.24) is 0 Å². The Bertz CT molecular complexity index is 112. The SMILES string of the molecule is CCCC(N)CCCCCC(N)CCC. The van der Waals surface area contributed by atoms with Crippen LogP contribution in [0.3, 0.4) is 0 Å². The van der Waals surface area contributed by atoms with Gasteiger partial charge in [0, 0.05) is 12.1 Å². The van der Waals surface area contributed by atoms with E-state index >= 15 is 0 Å². The Labute approximate surface area is 95.8 Å². The van der Waals surface area contributed by atoms with Crippen molar-refractivity contribution in [2.75, 3.05) is 0 Å². The quantitative estimate of drug-likeness (QED) is 0.549. The summed E-state index contributed by atoms with van der Waals surface area (Å²) < 4.78 is 0. The van der Waals surface area contributed by atoms with Gasteiger partial charge in [-0.3, -0.25) is 0 Å². The van der Waals surface area contributed by atoms with Gasteiger partial charge >= 0.3 is 0 Å². The average molecular weight is 214 g/mol. The van der Waals surface area contributed by atoms with Crippen molar-refractivity contribution in [1.29, 1.82) is 0 Å². The second kappa shape index (κ2) is 10.4. The van der Waals surface area contributed by atoms with E-state index in [4.69, 9.17) is 11.5 Å². The zero-order valence-corrected chi connectivity index (χ0v) is 10.7. The number of hydrogen-bond acceptors (Lipinski definition) is 2. The summed E-state index contributed by atoms with van der Waals surface area (Å²) in [4.78, 5) is 0. The first-order chi connectivity index (χ1) is 7.20. The number of hydrogen-bond donors (Lipinski definition) is 2. The van der Waals surface area contributed by atoms with Gasteiger partial charge in [0.1, 0.15) is 0 Å². The van der Waals surface area contributed by atoms with Crippen molar-refractivity contribution in [3.05, 3.63) is 0 Å². The molecule has 0 spiro atoms. The highest BCUT2D eigenvalue weighted by Gasteiger charge is 2.02. The molecule has 2 unspecified atom stereocenters. The fourth-order valence-corrected chi connectivity index (χ4v) is 2.02. The second-order valence-corrected chi connectivity index (χ2v) is 4.74. The fourth-order valence-electron chi connectivity index (χ4n) is 2.02. The highest BCUT2D eigenvalue weighted by Crippen LogP contribution is 2.10. The van der Waals surface area contributed by atoms with E-state index in [-0.39, 0.29) is 0 Å². The highest BCUT2D eigenvalue weighted by molar-refractivity contribution is 4.63. The lowest BCUT2D eigenvalue weighted by molar-refractivity contribution is 0.484. The molecule has 4 N–H and O–H groups in total. The Morgan fingerprint density at radius 1 is 0.667 bits per heavy atom. The Morgan fingerprint density at radius 3 is 1.40 bits per heavy atom. The van der Waals surface area contributed by atoms with Crippen LogP contribution in [0.1, 0.15) is 71.6 Å². The molecule has 2 heteroatoms. The summed E-state index contributed by atoms with van der Waals surface area (Å²) in [5, 5.41) is 0. The Balaban J connectivity index is 3.17. The zero-order valence-electron chi connectivity index (χ0n) is 10.7. The first kappa shape index (κ1) is 14.9. The maximum absolute atomic E-state index is 5.95. The molecule has 92 valence electrons. The molecule has 0 aliphatic carbocycles. The molecule has 15 heavy (non-hydrogen) atoms. The smallest absolute Gasteiger partial charge is 0.00387 e. The molecule has 0 aromatic heterocycles. The van der Waals surface area contributed by atoms with Gasteiger partial charge in [0.05, 0.1) is 0 Å². The monoisotopic (exact) mass is 214 g/mol. The predicted molar refractivity (Wildman–Crippen MR) is 68.9 cm³/mol. The van der Waals surface area contributed by atoms with Crippen LogP contribution in [0.25, 0.3) is 0 Å². The van der Waals surface area contributed by atoms with Crippen LogP contribution in [-0.4, -0.2) is 12.1 Å². The van der Waals surface area contributed by atoms with E-state index in [1.54, 1.807) is 0 Å². The van der Waals surface area contributed by atoms with E-state index in [1.165, 1.54) is 57.8 Å². The molecular formula is C13H30N2. The third-order valence-electron chi connectivity index (χ3n) is 2.97. The van der Waals surface area contributed by atoms with E-state index in [0.29, 0.717) is 12.1 Å². The maximum atomic E-state index is 5.95. The van der Waals surface area contributed by atoms with E-state index in [9.17, 15) is 0 Å². The summed E-state index contributed by atoms with van der Waals surface area (Å²) >= 11 is 0. The zero-order chi connectivity index (χ0) is 11.5. The molecule has 0 aliphatic rings. The van der Waals surface area contributed by atoms with Gasteiger partial charge < -0.3 is 11.5 Å². The summed E-state index contributed by atoms with van der Waals surface area (Å²) in [6, 6.07) is 0.860. The predicted octanol–water partition coefficient (Wildman–Crippen LogP) is 3.19. The molecule has 0 fully saturated rings. The summed E-state index contributed by atoms with van der Waals surface area (Å²) in [7, 11) is 0. The van der Waals surface area contributed by atoms with Gasteiger partial charge in [0.25, 0.3) is 0 Å². The van der Waals surface area contributed by atoms with E-state index < -0.39 is 0 Å². The minimum absolute atomic E-state index is 0.430. The summed E-state index contributed by atoms with van der Waals surface area (Å²) in [5.41, 5.74) is 11.9. The van der Waals surface area contributed by atoms with Crippen LogP contribution in [0.4, 0.5) is 0 Å². The van der Waals surface area contributed by atoms with E-state index in [1.807, 2.05) is 0 Å². The van der Waals surface area contributed by atoms with Crippen molar-refractivity contribution in [2.45, 2.75) is 83.7 Å². The molecule has 0 aliphatic heterocycles. The first-order valence-corrected chi connectivity index (χ1v) is 6.71.